The van der Waals surface area contributed by atoms with Crippen LogP contribution in [-0.2, 0) is 19.1 Å². The zero-order chi connectivity index (χ0) is 22.9. The number of aromatic nitrogens is 2. The van der Waals surface area contributed by atoms with Gasteiger partial charge in [0.2, 0.25) is 0 Å². The largest absolute Gasteiger partial charge is 0.416 e. The standard InChI is InChI=1S/C21H20F6N4S/c22-20(23,24)10-16-9-17-18(28-12-29-19(17)32-16)30-15-5-7-31(8-6-15)11-13-1-3-14(4-2-13)21(25,26)27/h1-4,9,12,15H,5-8,10-11H2,(H,28,29,30). The third-order valence-corrected chi connectivity index (χ3v) is 6.41. The molecule has 0 radical (unpaired) electrons. The number of alkyl halides is 6. The summed E-state index contributed by atoms with van der Waals surface area (Å²) in [5, 5.41) is 3.92. The molecule has 0 unspecified atom stereocenters. The van der Waals surface area contributed by atoms with Crippen LogP contribution in [0.1, 0.15) is 28.8 Å². The Hall–Kier alpha value is -2.40. The van der Waals surface area contributed by atoms with Crippen LogP contribution in [0.4, 0.5) is 32.2 Å². The van der Waals surface area contributed by atoms with Crippen LogP contribution in [0.2, 0.25) is 0 Å². The van der Waals surface area contributed by atoms with Gasteiger partial charge in [-0.3, -0.25) is 4.90 Å². The summed E-state index contributed by atoms with van der Waals surface area (Å²) < 4.78 is 76.2. The van der Waals surface area contributed by atoms with Gasteiger partial charge in [-0.05, 0) is 36.6 Å². The van der Waals surface area contributed by atoms with Gasteiger partial charge in [-0.25, -0.2) is 9.97 Å². The Kier molecular flexibility index (Phi) is 6.30. The summed E-state index contributed by atoms with van der Waals surface area (Å²) in [6.07, 6.45) is -6.70. The monoisotopic (exact) mass is 474 g/mol. The van der Waals surface area contributed by atoms with E-state index in [1.54, 1.807) is 0 Å². The lowest BCUT2D eigenvalue weighted by molar-refractivity contribution is -0.137. The topological polar surface area (TPSA) is 41.0 Å². The second kappa shape index (κ2) is 8.86. The van der Waals surface area contributed by atoms with Gasteiger partial charge in [0.05, 0.1) is 17.4 Å². The lowest BCUT2D eigenvalue weighted by Crippen LogP contribution is -2.38. The summed E-state index contributed by atoms with van der Waals surface area (Å²) in [7, 11) is 0. The number of rotatable bonds is 5. The van der Waals surface area contributed by atoms with E-state index in [4.69, 9.17) is 0 Å². The molecule has 3 aromatic rings. The van der Waals surface area contributed by atoms with E-state index in [1.165, 1.54) is 24.5 Å². The highest BCUT2D eigenvalue weighted by Crippen LogP contribution is 2.33. The lowest BCUT2D eigenvalue weighted by atomic mass is 10.0. The Morgan fingerprint density at radius 1 is 1.00 bits per heavy atom. The molecule has 1 aromatic carbocycles. The average molecular weight is 474 g/mol. The van der Waals surface area contributed by atoms with E-state index in [1.807, 2.05) is 0 Å². The van der Waals surface area contributed by atoms with Crippen LogP contribution in [0.3, 0.4) is 0 Å². The first kappa shape index (κ1) is 22.8. The van der Waals surface area contributed by atoms with Crippen LogP contribution < -0.4 is 5.32 Å². The van der Waals surface area contributed by atoms with Crippen LogP contribution in [-0.4, -0.2) is 40.2 Å². The molecule has 0 aliphatic carbocycles. The van der Waals surface area contributed by atoms with Gasteiger partial charge in [0.25, 0.3) is 0 Å². The number of nitrogens with one attached hydrogen (secondary N) is 1. The van der Waals surface area contributed by atoms with E-state index >= 15 is 0 Å². The fraction of sp³-hybridized carbons (Fsp3) is 0.429. The van der Waals surface area contributed by atoms with Crippen LogP contribution >= 0.6 is 11.3 Å². The molecule has 1 aliphatic rings. The number of likely N-dealkylation sites (tertiary alicyclic amines) is 1. The van der Waals surface area contributed by atoms with E-state index in [9.17, 15) is 26.3 Å². The van der Waals surface area contributed by atoms with Crippen molar-refractivity contribution in [3.05, 3.63) is 52.7 Å². The minimum Gasteiger partial charge on any atom is -0.367 e. The minimum atomic E-state index is -4.34. The number of hydrogen-bond donors (Lipinski definition) is 1. The lowest BCUT2D eigenvalue weighted by Gasteiger charge is -2.32. The zero-order valence-corrected chi connectivity index (χ0v) is 17.6. The Morgan fingerprint density at radius 2 is 1.69 bits per heavy atom. The number of fused-ring (bicyclic) bond motifs is 1. The van der Waals surface area contributed by atoms with Crippen molar-refractivity contribution >= 4 is 27.4 Å². The van der Waals surface area contributed by atoms with Gasteiger partial charge in [-0.1, -0.05) is 12.1 Å². The Morgan fingerprint density at radius 3 is 2.31 bits per heavy atom. The van der Waals surface area contributed by atoms with Crippen molar-refractivity contribution in [1.82, 2.24) is 14.9 Å². The summed E-state index contributed by atoms with van der Waals surface area (Å²) in [5.41, 5.74) is 0.157. The van der Waals surface area contributed by atoms with Crippen molar-refractivity contribution in [3.63, 3.8) is 0 Å². The van der Waals surface area contributed by atoms with Crippen molar-refractivity contribution < 1.29 is 26.3 Å². The van der Waals surface area contributed by atoms with Crippen molar-refractivity contribution in [3.8, 4) is 0 Å². The Balaban J connectivity index is 1.34. The van der Waals surface area contributed by atoms with Crippen LogP contribution in [0.15, 0.2) is 36.7 Å². The summed E-state index contributed by atoms with van der Waals surface area (Å²) in [6.45, 7) is 2.06. The maximum Gasteiger partial charge on any atom is 0.416 e. The number of hydrogen-bond acceptors (Lipinski definition) is 5. The number of anilines is 1. The molecule has 32 heavy (non-hydrogen) atoms. The molecule has 1 N–H and O–H groups in total. The molecule has 172 valence electrons. The molecule has 0 bridgehead atoms. The highest BCUT2D eigenvalue weighted by atomic mass is 32.1. The van der Waals surface area contributed by atoms with Crippen molar-refractivity contribution in [1.29, 1.82) is 0 Å². The molecule has 1 aliphatic heterocycles. The van der Waals surface area contributed by atoms with Gasteiger partial charge in [-0.15, -0.1) is 11.3 Å². The van der Waals surface area contributed by atoms with Crippen molar-refractivity contribution in [2.24, 2.45) is 0 Å². The quantitative estimate of drug-likeness (QED) is 0.468. The summed E-state index contributed by atoms with van der Waals surface area (Å²) in [6, 6.07) is 6.79. The summed E-state index contributed by atoms with van der Waals surface area (Å²) in [5.74, 6) is 0.529. The molecule has 0 atom stereocenters. The molecule has 4 rings (SSSR count). The zero-order valence-electron chi connectivity index (χ0n) is 16.8. The second-order valence-corrected chi connectivity index (χ2v) is 8.95. The SMILES string of the molecule is FC(F)(F)Cc1cc2c(NC3CCN(Cc4ccc(C(F)(F)F)cc4)CC3)ncnc2s1. The molecular formula is C21H20F6N4S. The first-order valence-corrected chi connectivity index (χ1v) is 10.8. The normalized spacial score (nSPS) is 16.6. The van der Waals surface area contributed by atoms with E-state index in [0.29, 0.717) is 22.6 Å². The molecule has 0 saturated carbocycles. The summed E-state index contributed by atoms with van der Waals surface area (Å²) in [4.78, 5) is 11.2. The minimum absolute atomic E-state index is 0.0999. The van der Waals surface area contributed by atoms with E-state index in [2.05, 4.69) is 20.2 Å². The highest BCUT2D eigenvalue weighted by molar-refractivity contribution is 7.18. The van der Waals surface area contributed by atoms with Crippen LogP contribution in [0.25, 0.3) is 10.2 Å². The second-order valence-electron chi connectivity index (χ2n) is 7.84. The number of nitrogens with zero attached hydrogens (tertiary/aromatic N) is 3. The smallest absolute Gasteiger partial charge is 0.367 e. The Labute approximate surface area is 184 Å². The van der Waals surface area contributed by atoms with Gasteiger partial charge < -0.3 is 5.32 Å². The van der Waals surface area contributed by atoms with Crippen LogP contribution in [0, 0.1) is 0 Å². The molecular weight excluding hydrogens is 454 g/mol. The number of thiophene rings is 1. The molecule has 0 spiro atoms. The Bertz CT molecular complexity index is 1050. The highest BCUT2D eigenvalue weighted by Gasteiger charge is 2.30. The third-order valence-electron chi connectivity index (χ3n) is 5.37. The molecule has 4 nitrogen and oxygen atoms in total. The van der Waals surface area contributed by atoms with Gasteiger partial charge in [0, 0.05) is 30.6 Å². The number of halogens is 6. The number of piperidine rings is 1. The van der Waals surface area contributed by atoms with E-state index < -0.39 is 24.3 Å². The van der Waals surface area contributed by atoms with Gasteiger partial charge in [0.1, 0.15) is 17.0 Å². The van der Waals surface area contributed by atoms with Gasteiger partial charge in [-0.2, -0.15) is 26.3 Å². The van der Waals surface area contributed by atoms with Crippen molar-refractivity contribution in [2.75, 3.05) is 18.4 Å². The fourth-order valence-corrected chi connectivity index (χ4v) is 4.82. The van der Waals surface area contributed by atoms with E-state index in [0.717, 1.165) is 55.0 Å². The molecule has 1 saturated heterocycles. The average Bonchev–Trinajstić information content (AvgIpc) is 3.11. The predicted octanol–water partition coefficient (Wildman–Crippen LogP) is 5.89. The van der Waals surface area contributed by atoms with Crippen LogP contribution in [0.5, 0.6) is 0 Å². The molecule has 3 heterocycles. The maximum atomic E-state index is 12.7. The molecule has 2 aromatic heterocycles. The maximum absolute atomic E-state index is 12.7. The first-order chi connectivity index (χ1) is 15.1. The van der Waals surface area contributed by atoms with Gasteiger partial charge in [0.15, 0.2) is 0 Å². The van der Waals surface area contributed by atoms with Gasteiger partial charge >= 0.3 is 12.4 Å². The fourth-order valence-electron chi connectivity index (χ4n) is 3.79. The molecule has 1 fully saturated rings. The third kappa shape index (κ3) is 5.69. The molecule has 11 heteroatoms. The van der Waals surface area contributed by atoms with E-state index in [-0.39, 0.29) is 10.9 Å². The number of benzene rings is 1. The van der Waals surface area contributed by atoms with Crippen molar-refractivity contribution in [2.45, 2.75) is 44.2 Å². The summed E-state index contributed by atoms with van der Waals surface area (Å²) >= 11 is 1.01. The first-order valence-electron chi connectivity index (χ1n) is 10.0. The predicted molar refractivity (Wildman–Crippen MR) is 111 cm³/mol. The molecule has 0 amide bonds.